The van der Waals surface area contributed by atoms with Gasteiger partial charge < -0.3 is 4.52 Å². The van der Waals surface area contributed by atoms with Crippen LogP contribution in [0.25, 0.3) is 0 Å². The summed E-state index contributed by atoms with van der Waals surface area (Å²) in [6.07, 6.45) is 0.285. The zero-order chi connectivity index (χ0) is 4.99. The van der Waals surface area contributed by atoms with Crippen LogP contribution in [0.1, 0.15) is 13.8 Å². The predicted octanol–water partition coefficient (Wildman–Crippen LogP) is 0.879. The Hall–Kier alpha value is 0.350. The molecule has 0 saturated heterocycles. The molecule has 0 rings (SSSR count). The molecule has 0 aromatic rings. The molecule has 0 heterocycles. The minimum Gasteiger partial charge on any atom is -0.344 e. The van der Waals surface area contributed by atoms with Gasteiger partial charge >= 0.3 is 0 Å². The second-order valence-corrected chi connectivity index (χ2v) is 1.76. The van der Waals surface area contributed by atoms with Crippen LogP contribution in [0, 0.1) is 0 Å². The van der Waals surface area contributed by atoms with E-state index in [0.29, 0.717) is 0 Å². The van der Waals surface area contributed by atoms with E-state index in [-0.39, 0.29) is 15.1 Å². The summed E-state index contributed by atoms with van der Waals surface area (Å²) >= 11 is 0. The molecule has 0 spiro atoms. The van der Waals surface area contributed by atoms with Crippen LogP contribution in [0.5, 0.6) is 0 Å². The summed E-state index contributed by atoms with van der Waals surface area (Å²) in [6, 6.07) is 0. The Bertz CT molecular complexity index is 32.0. The van der Waals surface area contributed by atoms with E-state index < -0.39 is 0 Å². The summed E-state index contributed by atoms with van der Waals surface area (Å²) in [7, 11) is 0.138. The molecule has 2 nitrogen and oxygen atoms in total. The fourth-order valence-electron chi connectivity index (χ4n) is 0.136. The molecule has 0 aromatic carbocycles. The summed E-state index contributed by atoms with van der Waals surface area (Å²) in [5.74, 6) is 0. The first-order valence-corrected chi connectivity index (χ1v) is 2.87. The highest BCUT2D eigenvalue weighted by Gasteiger charge is 1.84. The lowest BCUT2D eigenvalue weighted by atomic mass is 10.5. The Balaban J connectivity index is 2.63. The molecule has 2 N–H and O–H groups in total. The van der Waals surface area contributed by atoms with Gasteiger partial charge in [0.2, 0.25) is 0 Å². The van der Waals surface area contributed by atoms with E-state index in [4.69, 9.17) is 10.0 Å². The van der Waals surface area contributed by atoms with Gasteiger partial charge in [0.25, 0.3) is 0 Å². The average molecular weight is 107 g/mol. The lowest BCUT2D eigenvalue weighted by Gasteiger charge is -1.99. The SMILES string of the molecule is CC(C)OPN. The Morgan fingerprint density at radius 1 is 1.67 bits per heavy atom. The molecule has 0 aliphatic rings. The minimum atomic E-state index is 0.138. The van der Waals surface area contributed by atoms with Gasteiger partial charge in [0.1, 0.15) is 0 Å². The van der Waals surface area contributed by atoms with Gasteiger partial charge in [0, 0.05) is 0 Å². The fourth-order valence-corrected chi connectivity index (χ4v) is 0.408. The third kappa shape index (κ3) is 4.35. The summed E-state index contributed by atoms with van der Waals surface area (Å²) in [5, 5.41) is 0. The van der Waals surface area contributed by atoms with Gasteiger partial charge in [-0.3, -0.25) is 5.50 Å². The molecule has 1 unspecified atom stereocenters. The van der Waals surface area contributed by atoms with Crippen LogP contribution in [-0.2, 0) is 4.52 Å². The number of rotatable bonds is 2. The van der Waals surface area contributed by atoms with E-state index in [2.05, 4.69) is 0 Å². The highest BCUT2D eigenvalue weighted by molar-refractivity contribution is 7.29. The van der Waals surface area contributed by atoms with Crippen LogP contribution >= 0.6 is 8.96 Å². The Morgan fingerprint density at radius 2 is 2.17 bits per heavy atom. The standard InChI is InChI=1S/C3H10NOP/c1-3(2)5-6-4/h3,6H,4H2,1-2H3. The van der Waals surface area contributed by atoms with E-state index in [1.165, 1.54) is 0 Å². The molecule has 3 heteroatoms. The molecule has 6 heavy (non-hydrogen) atoms. The van der Waals surface area contributed by atoms with Crippen molar-refractivity contribution in [1.29, 1.82) is 0 Å². The fraction of sp³-hybridized carbons (Fsp3) is 1.00. The first-order chi connectivity index (χ1) is 2.77. The number of hydrogen-bond donors (Lipinski definition) is 1. The maximum absolute atomic E-state index is 5.04. The highest BCUT2D eigenvalue weighted by atomic mass is 31.1. The number of hydrogen-bond acceptors (Lipinski definition) is 2. The third-order valence-electron chi connectivity index (χ3n) is 0.304. The Morgan fingerprint density at radius 3 is 2.17 bits per heavy atom. The highest BCUT2D eigenvalue weighted by Crippen LogP contribution is 2.02. The topological polar surface area (TPSA) is 35.2 Å². The van der Waals surface area contributed by atoms with Gasteiger partial charge in [0.15, 0.2) is 0 Å². The summed E-state index contributed by atoms with van der Waals surface area (Å²) < 4.78 is 4.85. The zero-order valence-electron chi connectivity index (χ0n) is 4.06. The van der Waals surface area contributed by atoms with Crippen LogP contribution in [0.2, 0.25) is 0 Å². The summed E-state index contributed by atoms with van der Waals surface area (Å²) in [5.41, 5.74) is 5.04. The van der Waals surface area contributed by atoms with Gasteiger partial charge in [-0.1, -0.05) is 0 Å². The maximum atomic E-state index is 5.04. The first-order valence-electron chi connectivity index (χ1n) is 1.88. The van der Waals surface area contributed by atoms with Gasteiger partial charge in [-0.05, 0) is 13.8 Å². The lowest BCUT2D eigenvalue weighted by Crippen LogP contribution is -1.94. The minimum absolute atomic E-state index is 0.138. The molecule has 0 saturated carbocycles. The molecule has 38 valence electrons. The average Bonchev–Trinajstić information content (AvgIpc) is 1.35. The molecule has 0 bridgehead atoms. The van der Waals surface area contributed by atoms with Crippen molar-refractivity contribution in [2.45, 2.75) is 20.0 Å². The van der Waals surface area contributed by atoms with Crippen molar-refractivity contribution in [2.75, 3.05) is 0 Å². The van der Waals surface area contributed by atoms with Crippen LogP contribution in [-0.4, -0.2) is 6.10 Å². The normalized spacial score (nSPS) is 12.0. The van der Waals surface area contributed by atoms with Gasteiger partial charge in [-0.15, -0.1) is 0 Å². The van der Waals surface area contributed by atoms with Gasteiger partial charge in [0.05, 0.1) is 15.1 Å². The molecule has 0 aliphatic heterocycles. The van der Waals surface area contributed by atoms with E-state index in [1.54, 1.807) is 0 Å². The molecular formula is C3H10NOP. The Labute approximate surface area is 40.0 Å². The summed E-state index contributed by atoms with van der Waals surface area (Å²) in [6.45, 7) is 3.92. The molecule has 0 amide bonds. The molecule has 0 aromatic heterocycles. The quantitative estimate of drug-likeness (QED) is 0.531. The second-order valence-electron chi connectivity index (χ2n) is 1.28. The molecule has 0 radical (unpaired) electrons. The molecule has 0 fully saturated rings. The van der Waals surface area contributed by atoms with Crippen molar-refractivity contribution in [3.05, 3.63) is 0 Å². The van der Waals surface area contributed by atoms with Crippen molar-refractivity contribution >= 4 is 8.96 Å². The monoisotopic (exact) mass is 107 g/mol. The smallest absolute Gasteiger partial charge is 0.0837 e. The van der Waals surface area contributed by atoms with Crippen molar-refractivity contribution in [3.63, 3.8) is 0 Å². The molecule has 0 aliphatic carbocycles. The first kappa shape index (κ1) is 6.35. The van der Waals surface area contributed by atoms with Crippen LogP contribution in [0.15, 0.2) is 0 Å². The van der Waals surface area contributed by atoms with Gasteiger partial charge in [-0.2, -0.15) is 0 Å². The van der Waals surface area contributed by atoms with E-state index in [0.717, 1.165) is 0 Å². The summed E-state index contributed by atoms with van der Waals surface area (Å²) in [4.78, 5) is 0. The van der Waals surface area contributed by atoms with E-state index in [1.807, 2.05) is 13.8 Å². The lowest BCUT2D eigenvalue weighted by molar-refractivity contribution is 0.279. The van der Waals surface area contributed by atoms with Crippen LogP contribution in [0.3, 0.4) is 0 Å². The van der Waals surface area contributed by atoms with E-state index in [9.17, 15) is 0 Å². The second kappa shape index (κ2) is 3.54. The zero-order valence-corrected chi connectivity index (χ0v) is 5.06. The van der Waals surface area contributed by atoms with Crippen molar-refractivity contribution in [3.8, 4) is 0 Å². The third-order valence-corrected chi connectivity index (χ3v) is 0.911. The van der Waals surface area contributed by atoms with Crippen molar-refractivity contribution in [2.24, 2.45) is 5.50 Å². The molecule has 1 atom stereocenters. The largest absolute Gasteiger partial charge is 0.344 e. The van der Waals surface area contributed by atoms with Crippen LogP contribution in [0.4, 0.5) is 0 Å². The van der Waals surface area contributed by atoms with Crippen molar-refractivity contribution < 1.29 is 4.52 Å². The molecular weight excluding hydrogens is 97.0 g/mol. The Kier molecular flexibility index (Phi) is 3.74. The van der Waals surface area contributed by atoms with Crippen molar-refractivity contribution in [1.82, 2.24) is 0 Å². The maximum Gasteiger partial charge on any atom is 0.0837 e. The van der Waals surface area contributed by atoms with Gasteiger partial charge in [-0.25, -0.2) is 0 Å². The van der Waals surface area contributed by atoms with E-state index >= 15 is 0 Å². The predicted molar refractivity (Wildman–Crippen MR) is 28.7 cm³/mol. The number of nitrogens with two attached hydrogens (primary N) is 1. The van der Waals surface area contributed by atoms with Crippen LogP contribution < -0.4 is 5.50 Å².